The van der Waals surface area contributed by atoms with Gasteiger partial charge in [0.1, 0.15) is 5.69 Å². The van der Waals surface area contributed by atoms with Crippen molar-refractivity contribution >= 4 is 43.4 Å². The monoisotopic (exact) mass is 402 g/mol. The molecule has 0 bridgehead atoms. The molecule has 0 saturated carbocycles. The third-order valence-corrected chi connectivity index (χ3v) is 5.71. The molecule has 3 nitrogen and oxygen atoms in total. The van der Waals surface area contributed by atoms with Crippen molar-refractivity contribution in [3.63, 3.8) is 0 Å². The van der Waals surface area contributed by atoms with Crippen LogP contribution in [-0.2, 0) is 6.54 Å². The molecule has 1 aromatic carbocycles. The van der Waals surface area contributed by atoms with Gasteiger partial charge in [0.05, 0.1) is 20.7 Å². The molecule has 0 spiro atoms. The van der Waals surface area contributed by atoms with E-state index in [2.05, 4.69) is 27.8 Å². The normalized spacial score (nSPS) is 12.3. The number of rotatable bonds is 5. The average molecular weight is 403 g/mol. The molecule has 0 unspecified atom stereocenters. The van der Waals surface area contributed by atoms with Gasteiger partial charge in [-0.1, -0.05) is 42.5 Å². The number of benzene rings is 1. The minimum Gasteiger partial charge on any atom is -0.344 e. The Hall–Kier alpha value is -1.85. The van der Waals surface area contributed by atoms with Gasteiger partial charge in [-0.25, -0.2) is 0 Å². The lowest BCUT2D eigenvalue weighted by Gasteiger charge is -2.16. The van der Waals surface area contributed by atoms with Crippen LogP contribution in [0.4, 0.5) is 0 Å². The van der Waals surface area contributed by atoms with Crippen molar-refractivity contribution in [2.75, 3.05) is 0 Å². The number of carbonyl (C=O) groups excluding carboxylic acids is 1. The third kappa shape index (κ3) is 3.32. The fraction of sp³-hybridized carbons (Fsp3) is 0.211. The minimum atomic E-state index is -0.0668. The van der Waals surface area contributed by atoms with Gasteiger partial charge >= 0.3 is 0 Å². The number of thiophene rings is 1. The number of aromatic nitrogens is 1. The Labute approximate surface area is 154 Å². The maximum atomic E-state index is 12.8. The Morgan fingerprint density at radius 1 is 1.38 bits per heavy atom. The van der Waals surface area contributed by atoms with Crippen molar-refractivity contribution in [1.82, 2.24) is 9.88 Å². The standard InChI is InChI=1S/C19H19BrN2OS/c1-12(2)10-22-16(9-17-18(22)15(20)11-24-17)19(23)21-13(3)14-7-5-4-6-8-14/h4-9,11,13H,1,10H2,2-3H3,(H,21,23)/t13-/m1/s1. The Balaban J connectivity index is 1.93. The molecule has 0 radical (unpaired) electrons. The summed E-state index contributed by atoms with van der Waals surface area (Å²) in [6, 6.07) is 11.9. The van der Waals surface area contributed by atoms with E-state index in [0.29, 0.717) is 12.2 Å². The van der Waals surface area contributed by atoms with Crippen LogP contribution in [0.15, 0.2) is 58.4 Å². The lowest BCUT2D eigenvalue weighted by Crippen LogP contribution is -2.28. The van der Waals surface area contributed by atoms with Crippen LogP contribution in [0.5, 0.6) is 0 Å². The van der Waals surface area contributed by atoms with Crippen molar-refractivity contribution in [2.45, 2.75) is 26.4 Å². The molecule has 0 fully saturated rings. The number of allylic oxidation sites excluding steroid dienone is 1. The first kappa shape index (κ1) is 17.0. The van der Waals surface area contributed by atoms with E-state index in [1.165, 1.54) is 0 Å². The number of hydrogen-bond acceptors (Lipinski definition) is 2. The molecule has 0 aliphatic heterocycles. The van der Waals surface area contributed by atoms with Crippen LogP contribution in [0.3, 0.4) is 0 Å². The molecule has 2 aromatic heterocycles. The first-order valence-electron chi connectivity index (χ1n) is 7.73. The third-order valence-electron chi connectivity index (χ3n) is 3.89. The van der Waals surface area contributed by atoms with Gasteiger partial charge in [-0.15, -0.1) is 11.3 Å². The number of hydrogen-bond donors (Lipinski definition) is 1. The van der Waals surface area contributed by atoms with Crippen molar-refractivity contribution in [3.05, 3.63) is 69.7 Å². The Morgan fingerprint density at radius 2 is 2.08 bits per heavy atom. The number of nitrogens with one attached hydrogen (secondary N) is 1. The maximum Gasteiger partial charge on any atom is 0.268 e. The molecular formula is C19H19BrN2OS. The van der Waals surface area contributed by atoms with Gasteiger partial charge in [-0.2, -0.15) is 0 Å². The molecule has 0 aliphatic carbocycles. The van der Waals surface area contributed by atoms with E-state index in [4.69, 9.17) is 0 Å². The highest BCUT2D eigenvalue weighted by atomic mass is 79.9. The molecule has 1 amide bonds. The lowest BCUT2D eigenvalue weighted by molar-refractivity contribution is 0.0931. The van der Waals surface area contributed by atoms with Crippen LogP contribution in [-0.4, -0.2) is 10.5 Å². The van der Waals surface area contributed by atoms with E-state index in [9.17, 15) is 4.79 Å². The summed E-state index contributed by atoms with van der Waals surface area (Å²) in [5.74, 6) is -0.0668. The molecule has 0 aliphatic rings. The highest BCUT2D eigenvalue weighted by molar-refractivity contribution is 9.10. The number of halogens is 1. The van der Waals surface area contributed by atoms with E-state index in [-0.39, 0.29) is 11.9 Å². The smallest absolute Gasteiger partial charge is 0.268 e. The highest BCUT2D eigenvalue weighted by Gasteiger charge is 2.20. The number of amides is 1. The Morgan fingerprint density at radius 3 is 2.75 bits per heavy atom. The van der Waals surface area contributed by atoms with Crippen LogP contribution in [0.25, 0.3) is 10.2 Å². The average Bonchev–Trinajstić information content (AvgIpc) is 3.09. The largest absolute Gasteiger partial charge is 0.344 e. The van der Waals surface area contributed by atoms with Gasteiger partial charge in [0.15, 0.2) is 0 Å². The quantitative estimate of drug-likeness (QED) is 0.559. The summed E-state index contributed by atoms with van der Waals surface area (Å²) in [7, 11) is 0. The first-order chi connectivity index (χ1) is 11.5. The van der Waals surface area contributed by atoms with Gasteiger partial charge in [0.2, 0.25) is 0 Å². The molecule has 5 heteroatoms. The van der Waals surface area contributed by atoms with E-state index in [1.807, 2.05) is 60.2 Å². The molecule has 24 heavy (non-hydrogen) atoms. The summed E-state index contributed by atoms with van der Waals surface area (Å²) in [6.07, 6.45) is 0. The molecule has 124 valence electrons. The molecule has 3 aromatic rings. The van der Waals surface area contributed by atoms with Gasteiger partial charge < -0.3 is 9.88 Å². The fourth-order valence-corrected chi connectivity index (χ4v) is 4.44. The summed E-state index contributed by atoms with van der Waals surface area (Å²) in [4.78, 5) is 12.8. The van der Waals surface area contributed by atoms with Crippen LogP contribution < -0.4 is 5.32 Å². The van der Waals surface area contributed by atoms with E-state index in [0.717, 1.165) is 25.8 Å². The van der Waals surface area contributed by atoms with Crippen molar-refractivity contribution in [2.24, 2.45) is 0 Å². The Kier molecular flexibility index (Phi) is 4.92. The number of fused-ring (bicyclic) bond motifs is 1. The van der Waals surface area contributed by atoms with Crippen molar-refractivity contribution in [3.8, 4) is 0 Å². The molecule has 1 N–H and O–H groups in total. The van der Waals surface area contributed by atoms with Gasteiger partial charge in [0, 0.05) is 11.9 Å². The number of carbonyl (C=O) groups is 1. The van der Waals surface area contributed by atoms with Crippen molar-refractivity contribution < 1.29 is 4.79 Å². The summed E-state index contributed by atoms with van der Waals surface area (Å²) < 4.78 is 4.14. The first-order valence-corrected chi connectivity index (χ1v) is 9.41. The predicted octanol–water partition coefficient (Wildman–Crippen LogP) is 5.53. The summed E-state index contributed by atoms with van der Waals surface area (Å²) in [5, 5.41) is 5.15. The zero-order valence-electron chi connectivity index (χ0n) is 13.7. The van der Waals surface area contributed by atoms with E-state index >= 15 is 0 Å². The maximum absolute atomic E-state index is 12.8. The van der Waals surface area contributed by atoms with Gasteiger partial charge in [-0.3, -0.25) is 4.79 Å². The molecular weight excluding hydrogens is 384 g/mol. The SMILES string of the molecule is C=C(C)Cn1c(C(=O)N[C@H](C)c2ccccc2)cc2scc(Br)c21. The molecule has 3 rings (SSSR count). The van der Waals surface area contributed by atoms with Crippen LogP contribution >= 0.6 is 27.3 Å². The summed E-state index contributed by atoms with van der Waals surface area (Å²) in [5.41, 5.74) is 3.83. The van der Waals surface area contributed by atoms with Gasteiger partial charge in [-0.05, 0) is 41.4 Å². The molecule has 1 atom stereocenters. The predicted molar refractivity (Wildman–Crippen MR) is 105 cm³/mol. The van der Waals surface area contributed by atoms with Crippen LogP contribution in [0, 0.1) is 0 Å². The van der Waals surface area contributed by atoms with Crippen LogP contribution in [0.2, 0.25) is 0 Å². The zero-order valence-corrected chi connectivity index (χ0v) is 16.1. The highest BCUT2D eigenvalue weighted by Crippen LogP contribution is 2.33. The summed E-state index contributed by atoms with van der Waals surface area (Å²) >= 11 is 5.22. The summed E-state index contributed by atoms with van der Waals surface area (Å²) in [6.45, 7) is 8.59. The van der Waals surface area contributed by atoms with Crippen LogP contribution in [0.1, 0.15) is 35.9 Å². The van der Waals surface area contributed by atoms with Gasteiger partial charge in [0.25, 0.3) is 5.91 Å². The molecule has 2 heterocycles. The van der Waals surface area contributed by atoms with Crippen molar-refractivity contribution in [1.29, 1.82) is 0 Å². The molecule has 0 saturated heterocycles. The zero-order chi connectivity index (χ0) is 17.3. The second-order valence-corrected chi connectivity index (χ2v) is 7.74. The fourth-order valence-electron chi connectivity index (χ4n) is 2.75. The topological polar surface area (TPSA) is 34.0 Å². The minimum absolute atomic E-state index is 0.0478. The lowest BCUT2D eigenvalue weighted by atomic mass is 10.1. The Bertz CT molecular complexity index is 895. The number of nitrogens with zero attached hydrogens (tertiary/aromatic N) is 1. The van der Waals surface area contributed by atoms with E-state index in [1.54, 1.807) is 11.3 Å². The second kappa shape index (κ2) is 6.95. The second-order valence-electron chi connectivity index (χ2n) is 5.98. The van der Waals surface area contributed by atoms with E-state index < -0.39 is 0 Å².